The van der Waals surface area contributed by atoms with Crippen LogP contribution in [0.5, 0.6) is 0 Å². The fourth-order valence-corrected chi connectivity index (χ4v) is 3.09. The van der Waals surface area contributed by atoms with Crippen LogP contribution in [0.2, 0.25) is 0 Å². The molecule has 1 aliphatic rings. The average Bonchev–Trinajstić information content (AvgIpc) is 2.68. The Balaban J connectivity index is 1.87. The summed E-state index contributed by atoms with van der Waals surface area (Å²) in [5.74, 6) is 1.07. The van der Waals surface area contributed by atoms with Gasteiger partial charge < -0.3 is 9.73 Å². The van der Waals surface area contributed by atoms with Gasteiger partial charge >= 0.3 is 0 Å². The third-order valence-electron chi connectivity index (χ3n) is 3.45. The zero-order valence-electron chi connectivity index (χ0n) is 9.71. The minimum absolute atomic E-state index is 0.570. The SMILES string of the molecule is Brc1c(CC2CCCCN2)oc2ccccc12. The van der Waals surface area contributed by atoms with Crippen LogP contribution in [0.15, 0.2) is 33.2 Å². The fraction of sp³-hybridized carbons (Fsp3) is 0.429. The monoisotopic (exact) mass is 293 g/mol. The molecule has 0 bridgehead atoms. The molecule has 3 rings (SSSR count). The minimum atomic E-state index is 0.570. The molecular formula is C14H16BrNO. The van der Waals surface area contributed by atoms with E-state index in [9.17, 15) is 0 Å². The molecule has 1 unspecified atom stereocenters. The predicted molar refractivity (Wildman–Crippen MR) is 73.3 cm³/mol. The molecule has 0 radical (unpaired) electrons. The summed E-state index contributed by atoms with van der Waals surface area (Å²) >= 11 is 3.66. The van der Waals surface area contributed by atoms with Gasteiger partial charge in [0, 0.05) is 17.8 Å². The van der Waals surface area contributed by atoms with Crippen LogP contribution in [0.4, 0.5) is 0 Å². The quantitative estimate of drug-likeness (QED) is 0.909. The normalized spacial score (nSPS) is 20.9. The molecule has 0 spiro atoms. The Bertz CT molecular complexity index is 514. The van der Waals surface area contributed by atoms with Crippen LogP contribution in [0.3, 0.4) is 0 Å². The molecule has 2 aromatic rings. The summed E-state index contributed by atoms with van der Waals surface area (Å²) in [4.78, 5) is 0. The first kappa shape index (κ1) is 11.3. The number of rotatable bonds is 2. The maximum absolute atomic E-state index is 5.91. The van der Waals surface area contributed by atoms with E-state index in [4.69, 9.17) is 4.42 Å². The van der Waals surface area contributed by atoms with Gasteiger partial charge in [0.1, 0.15) is 11.3 Å². The fourth-order valence-electron chi connectivity index (χ4n) is 2.52. The van der Waals surface area contributed by atoms with E-state index in [1.165, 1.54) is 24.6 Å². The highest BCUT2D eigenvalue weighted by Gasteiger charge is 2.18. The van der Waals surface area contributed by atoms with Crippen molar-refractivity contribution >= 4 is 26.9 Å². The highest BCUT2D eigenvalue weighted by Crippen LogP contribution is 2.32. The summed E-state index contributed by atoms with van der Waals surface area (Å²) in [6.45, 7) is 1.14. The maximum atomic E-state index is 5.91. The van der Waals surface area contributed by atoms with Gasteiger partial charge in [0.15, 0.2) is 0 Å². The Morgan fingerprint density at radius 3 is 2.94 bits per heavy atom. The molecule has 0 saturated carbocycles. The highest BCUT2D eigenvalue weighted by atomic mass is 79.9. The molecule has 90 valence electrons. The molecule has 1 atom stereocenters. The van der Waals surface area contributed by atoms with Crippen LogP contribution in [-0.2, 0) is 6.42 Å². The number of benzene rings is 1. The lowest BCUT2D eigenvalue weighted by Gasteiger charge is -2.22. The number of halogens is 1. The van der Waals surface area contributed by atoms with Gasteiger partial charge in [-0.2, -0.15) is 0 Å². The summed E-state index contributed by atoms with van der Waals surface area (Å²) in [7, 11) is 0. The van der Waals surface area contributed by atoms with Crippen LogP contribution < -0.4 is 5.32 Å². The largest absolute Gasteiger partial charge is 0.460 e. The van der Waals surface area contributed by atoms with Gasteiger partial charge in [-0.15, -0.1) is 0 Å². The van der Waals surface area contributed by atoms with Crippen molar-refractivity contribution in [3.05, 3.63) is 34.5 Å². The van der Waals surface area contributed by atoms with Crippen molar-refractivity contribution in [3.63, 3.8) is 0 Å². The predicted octanol–water partition coefficient (Wildman–Crippen LogP) is 3.88. The maximum Gasteiger partial charge on any atom is 0.135 e. The summed E-state index contributed by atoms with van der Waals surface area (Å²) < 4.78 is 7.04. The molecule has 1 aromatic heterocycles. The van der Waals surface area contributed by atoms with Crippen LogP contribution in [0.25, 0.3) is 11.0 Å². The number of nitrogens with one attached hydrogen (secondary N) is 1. The van der Waals surface area contributed by atoms with E-state index in [1.807, 2.05) is 18.2 Å². The molecule has 0 aliphatic carbocycles. The zero-order chi connectivity index (χ0) is 11.7. The molecule has 1 fully saturated rings. The second kappa shape index (κ2) is 4.83. The van der Waals surface area contributed by atoms with Crippen LogP contribution >= 0.6 is 15.9 Å². The van der Waals surface area contributed by atoms with E-state index in [-0.39, 0.29) is 0 Å². The van der Waals surface area contributed by atoms with E-state index in [2.05, 4.69) is 27.3 Å². The molecular weight excluding hydrogens is 278 g/mol. The zero-order valence-corrected chi connectivity index (χ0v) is 11.3. The van der Waals surface area contributed by atoms with Crippen LogP contribution in [0, 0.1) is 0 Å². The Morgan fingerprint density at radius 2 is 2.18 bits per heavy atom. The number of para-hydroxylation sites is 1. The van der Waals surface area contributed by atoms with Crippen LogP contribution in [-0.4, -0.2) is 12.6 Å². The Kier molecular flexibility index (Phi) is 3.21. The van der Waals surface area contributed by atoms with Crippen molar-refractivity contribution in [2.75, 3.05) is 6.54 Å². The second-order valence-corrected chi connectivity index (χ2v) is 5.48. The lowest BCUT2D eigenvalue weighted by molar-refractivity contribution is 0.377. The topological polar surface area (TPSA) is 25.2 Å². The number of hydrogen-bond donors (Lipinski definition) is 1. The van der Waals surface area contributed by atoms with E-state index in [0.29, 0.717) is 6.04 Å². The van der Waals surface area contributed by atoms with Gasteiger partial charge in [-0.05, 0) is 47.4 Å². The first-order chi connectivity index (χ1) is 8.34. The molecule has 1 saturated heterocycles. The first-order valence-corrected chi connectivity index (χ1v) is 7.03. The van der Waals surface area contributed by atoms with Gasteiger partial charge in [-0.25, -0.2) is 0 Å². The Hall–Kier alpha value is -0.800. The second-order valence-electron chi connectivity index (χ2n) is 4.69. The molecule has 2 heterocycles. The summed E-state index contributed by atoms with van der Waals surface area (Å²) in [6, 6.07) is 8.76. The van der Waals surface area contributed by atoms with Crippen molar-refractivity contribution in [2.24, 2.45) is 0 Å². The molecule has 1 aliphatic heterocycles. The van der Waals surface area contributed by atoms with Gasteiger partial charge in [0.05, 0.1) is 4.47 Å². The Morgan fingerprint density at radius 1 is 1.29 bits per heavy atom. The number of furan rings is 1. The van der Waals surface area contributed by atoms with E-state index >= 15 is 0 Å². The summed E-state index contributed by atoms with van der Waals surface area (Å²) in [5.41, 5.74) is 0.977. The highest BCUT2D eigenvalue weighted by molar-refractivity contribution is 9.10. The minimum Gasteiger partial charge on any atom is -0.460 e. The standard InChI is InChI=1S/C14H16BrNO/c15-14-11-6-1-2-7-12(11)17-13(14)9-10-5-3-4-8-16-10/h1-2,6-7,10,16H,3-5,8-9H2. The third kappa shape index (κ3) is 2.26. The van der Waals surface area contributed by atoms with Crippen molar-refractivity contribution in [2.45, 2.75) is 31.7 Å². The van der Waals surface area contributed by atoms with Crippen LogP contribution in [0.1, 0.15) is 25.0 Å². The molecule has 17 heavy (non-hydrogen) atoms. The number of hydrogen-bond acceptors (Lipinski definition) is 2. The molecule has 1 aromatic carbocycles. The van der Waals surface area contributed by atoms with Crippen molar-refractivity contribution in [3.8, 4) is 0 Å². The number of piperidine rings is 1. The molecule has 2 nitrogen and oxygen atoms in total. The summed E-state index contributed by atoms with van der Waals surface area (Å²) in [6.07, 6.45) is 4.87. The lowest BCUT2D eigenvalue weighted by atomic mass is 10.0. The van der Waals surface area contributed by atoms with Crippen molar-refractivity contribution in [1.82, 2.24) is 5.32 Å². The third-order valence-corrected chi connectivity index (χ3v) is 4.32. The van der Waals surface area contributed by atoms with E-state index < -0.39 is 0 Å². The Labute approximate surface area is 110 Å². The molecule has 1 N–H and O–H groups in total. The van der Waals surface area contributed by atoms with Crippen molar-refractivity contribution in [1.29, 1.82) is 0 Å². The lowest BCUT2D eigenvalue weighted by Crippen LogP contribution is -2.35. The van der Waals surface area contributed by atoms with E-state index in [0.717, 1.165) is 28.8 Å². The van der Waals surface area contributed by atoms with Gasteiger partial charge in [0.2, 0.25) is 0 Å². The van der Waals surface area contributed by atoms with Gasteiger partial charge in [-0.1, -0.05) is 18.6 Å². The summed E-state index contributed by atoms with van der Waals surface area (Å²) in [5, 5.41) is 4.74. The molecule has 3 heteroatoms. The van der Waals surface area contributed by atoms with Gasteiger partial charge in [0.25, 0.3) is 0 Å². The van der Waals surface area contributed by atoms with E-state index in [1.54, 1.807) is 0 Å². The molecule has 0 amide bonds. The average molecular weight is 294 g/mol. The van der Waals surface area contributed by atoms with Crippen molar-refractivity contribution < 1.29 is 4.42 Å². The number of fused-ring (bicyclic) bond motifs is 1. The smallest absolute Gasteiger partial charge is 0.135 e. The van der Waals surface area contributed by atoms with Gasteiger partial charge in [-0.3, -0.25) is 0 Å². The first-order valence-electron chi connectivity index (χ1n) is 6.24.